The molecule has 0 fully saturated rings. The Labute approximate surface area is 219 Å². The van der Waals surface area contributed by atoms with Crippen molar-refractivity contribution in [3.63, 3.8) is 0 Å². The first-order valence-corrected chi connectivity index (χ1v) is 14.2. The number of nitrogens with one attached hydrogen (secondary N) is 1. The van der Waals surface area contributed by atoms with Crippen LogP contribution in [0.2, 0.25) is 5.02 Å². The van der Waals surface area contributed by atoms with E-state index in [1.54, 1.807) is 44.4 Å². The molecule has 0 radical (unpaired) electrons. The van der Waals surface area contributed by atoms with Gasteiger partial charge in [0.1, 0.15) is 18.3 Å². The molecule has 8 nitrogen and oxygen atoms in total. The molecule has 0 aliphatic rings. The van der Waals surface area contributed by atoms with E-state index in [9.17, 15) is 18.0 Å². The van der Waals surface area contributed by atoms with Gasteiger partial charge in [-0.25, -0.2) is 8.42 Å². The molecule has 198 valence electrons. The maximum Gasteiger partial charge on any atom is 0.244 e. The Morgan fingerprint density at radius 2 is 1.86 bits per heavy atom. The summed E-state index contributed by atoms with van der Waals surface area (Å²) in [7, 11) is -2.28. The lowest BCUT2D eigenvalue weighted by atomic mass is 10.1. The molecule has 0 aromatic heterocycles. The van der Waals surface area contributed by atoms with E-state index < -0.39 is 28.5 Å². The summed E-state index contributed by atoms with van der Waals surface area (Å²) in [6, 6.07) is 11.3. The number of methoxy groups -OCH3 is 1. The predicted octanol–water partition coefficient (Wildman–Crippen LogP) is 4.15. The van der Waals surface area contributed by atoms with Gasteiger partial charge in [-0.15, -0.1) is 0 Å². The fourth-order valence-electron chi connectivity index (χ4n) is 3.84. The van der Waals surface area contributed by atoms with Crippen LogP contribution in [0.25, 0.3) is 0 Å². The molecule has 0 saturated heterocycles. The van der Waals surface area contributed by atoms with Gasteiger partial charge in [-0.05, 0) is 55.2 Å². The third-order valence-electron chi connectivity index (χ3n) is 5.82. The van der Waals surface area contributed by atoms with Gasteiger partial charge in [0, 0.05) is 18.1 Å². The molecule has 2 aromatic carbocycles. The number of sulfonamides is 1. The Morgan fingerprint density at radius 3 is 2.47 bits per heavy atom. The fourth-order valence-corrected chi connectivity index (χ4v) is 4.90. The molecule has 0 aliphatic heterocycles. The van der Waals surface area contributed by atoms with Crippen molar-refractivity contribution in [2.75, 3.05) is 30.8 Å². The summed E-state index contributed by atoms with van der Waals surface area (Å²) in [5.41, 5.74) is 1.73. The zero-order valence-electron chi connectivity index (χ0n) is 21.6. The SMILES string of the molecule is CCCCNC(=O)[C@H](CC)N(Cc1cccc(OC)c1)C(=O)CN(c1cc(Cl)ccc1C)S(C)(=O)=O. The average Bonchev–Trinajstić information content (AvgIpc) is 2.83. The molecule has 0 spiro atoms. The van der Waals surface area contributed by atoms with Crippen LogP contribution in [0.5, 0.6) is 5.75 Å². The molecular formula is C26H36ClN3O5S. The van der Waals surface area contributed by atoms with Crippen LogP contribution in [0.4, 0.5) is 5.69 Å². The van der Waals surface area contributed by atoms with Gasteiger partial charge in [-0.1, -0.05) is 50.1 Å². The Kier molecular flexibility index (Phi) is 11.0. The number of rotatable bonds is 13. The van der Waals surface area contributed by atoms with E-state index in [0.717, 1.165) is 29.0 Å². The van der Waals surface area contributed by atoms with Gasteiger partial charge in [0.05, 0.1) is 19.1 Å². The van der Waals surface area contributed by atoms with E-state index in [2.05, 4.69) is 5.32 Å². The van der Waals surface area contributed by atoms with Crippen molar-refractivity contribution in [2.24, 2.45) is 0 Å². The molecule has 0 bridgehead atoms. The summed E-state index contributed by atoms with van der Waals surface area (Å²) < 4.78 is 31.9. The average molecular weight is 538 g/mol. The van der Waals surface area contributed by atoms with Crippen molar-refractivity contribution in [3.05, 3.63) is 58.6 Å². The summed E-state index contributed by atoms with van der Waals surface area (Å²) in [4.78, 5) is 28.3. The largest absolute Gasteiger partial charge is 0.497 e. The second kappa shape index (κ2) is 13.5. The van der Waals surface area contributed by atoms with Gasteiger partial charge in [-0.2, -0.15) is 0 Å². The van der Waals surface area contributed by atoms with Crippen molar-refractivity contribution in [3.8, 4) is 5.75 Å². The Morgan fingerprint density at radius 1 is 1.14 bits per heavy atom. The number of carbonyl (C=O) groups excluding carboxylic acids is 2. The molecule has 1 N–H and O–H groups in total. The molecule has 0 aliphatic carbocycles. The minimum atomic E-state index is -3.83. The number of unbranched alkanes of at least 4 members (excludes halogenated alkanes) is 1. The lowest BCUT2D eigenvalue weighted by Crippen LogP contribution is -2.52. The number of halogens is 1. The number of aryl methyl sites for hydroxylation is 1. The van der Waals surface area contributed by atoms with Gasteiger partial charge < -0.3 is 15.0 Å². The van der Waals surface area contributed by atoms with E-state index in [0.29, 0.717) is 35.0 Å². The summed E-state index contributed by atoms with van der Waals surface area (Å²) >= 11 is 6.14. The van der Waals surface area contributed by atoms with E-state index in [1.807, 2.05) is 19.9 Å². The molecule has 0 saturated carbocycles. The quantitative estimate of drug-likeness (QED) is 0.387. The first kappa shape index (κ1) is 29.5. The summed E-state index contributed by atoms with van der Waals surface area (Å²) in [5.74, 6) is -0.153. The third-order valence-corrected chi connectivity index (χ3v) is 7.18. The van der Waals surface area contributed by atoms with Crippen LogP contribution in [-0.4, -0.2) is 57.6 Å². The molecule has 36 heavy (non-hydrogen) atoms. The van der Waals surface area contributed by atoms with Crippen LogP contribution in [0, 0.1) is 6.92 Å². The van der Waals surface area contributed by atoms with Crippen LogP contribution in [0.3, 0.4) is 0 Å². The van der Waals surface area contributed by atoms with Crippen LogP contribution in [0.1, 0.15) is 44.2 Å². The molecule has 0 unspecified atom stereocenters. The molecule has 0 heterocycles. The molecular weight excluding hydrogens is 502 g/mol. The maximum atomic E-state index is 13.7. The minimum absolute atomic E-state index is 0.113. The van der Waals surface area contributed by atoms with Gasteiger partial charge in [0.2, 0.25) is 21.8 Å². The van der Waals surface area contributed by atoms with Crippen molar-refractivity contribution in [2.45, 2.75) is 52.6 Å². The normalized spacial score (nSPS) is 12.1. The standard InChI is InChI=1S/C26H36ClN3O5S/c1-6-8-14-28-26(32)23(7-2)29(17-20-10-9-11-22(15-20)35-4)25(31)18-30(36(5,33)34)24-16-21(27)13-12-19(24)3/h9-13,15-16,23H,6-8,14,17-18H2,1-5H3,(H,28,32)/t23-/m0/s1. The number of anilines is 1. The van der Waals surface area contributed by atoms with Crippen molar-refractivity contribution in [1.82, 2.24) is 10.2 Å². The number of ether oxygens (including phenoxy) is 1. The number of benzene rings is 2. The monoisotopic (exact) mass is 537 g/mol. The maximum absolute atomic E-state index is 13.7. The molecule has 2 rings (SSSR count). The number of hydrogen-bond acceptors (Lipinski definition) is 5. The molecule has 2 aromatic rings. The first-order valence-electron chi connectivity index (χ1n) is 12.0. The van der Waals surface area contributed by atoms with Crippen molar-refractivity contribution < 1.29 is 22.7 Å². The Hall–Kier alpha value is -2.78. The van der Waals surface area contributed by atoms with Gasteiger partial charge >= 0.3 is 0 Å². The highest BCUT2D eigenvalue weighted by atomic mass is 35.5. The number of amides is 2. The number of carbonyl (C=O) groups is 2. The minimum Gasteiger partial charge on any atom is -0.497 e. The highest BCUT2D eigenvalue weighted by molar-refractivity contribution is 7.92. The lowest BCUT2D eigenvalue weighted by Gasteiger charge is -2.33. The lowest BCUT2D eigenvalue weighted by molar-refractivity contribution is -0.140. The highest BCUT2D eigenvalue weighted by Gasteiger charge is 2.32. The highest BCUT2D eigenvalue weighted by Crippen LogP contribution is 2.27. The van der Waals surface area contributed by atoms with Gasteiger partial charge in [-0.3, -0.25) is 13.9 Å². The third kappa shape index (κ3) is 8.13. The number of hydrogen-bond donors (Lipinski definition) is 1. The summed E-state index contributed by atoms with van der Waals surface area (Å²) in [5, 5.41) is 3.26. The zero-order chi connectivity index (χ0) is 26.9. The predicted molar refractivity (Wildman–Crippen MR) is 144 cm³/mol. The van der Waals surface area contributed by atoms with E-state index >= 15 is 0 Å². The Bertz CT molecular complexity index is 1160. The van der Waals surface area contributed by atoms with E-state index in [4.69, 9.17) is 16.3 Å². The van der Waals surface area contributed by atoms with Gasteiger partial charge in [0.15, 0.2) is 0 Å². The first-order chi connectivity index (χ1) is 17.0. The second-order valence-corrected chi connectivity index (χ2v) is 11.0. The van der Waals surface area contributed by atoms with Crippen LogP contribution >= 0.6 is 11.6 Å². The van der Waals surface area contributed by atoms with E-state index in [1.165, 1.54) is 11.0 Å². The van der Waals surface area contributed by atoms with Crippen LogP contribution in [-0.2, 0) is 26.2 Å². The molecule has 2 amide bonds. The molecule has 10 heteroatoms. The van der Waals surface area contributed by atoms with Gasteiger partial charge in [0.25, 0.3) is 0 Å². The Balaban J connectivity index is 2.46. The number of nitrogens with zero attached hydrogens (tertiary/aromatic N) is 2. The van der Waals surface area contributed by atoms with Crippen LogP contribution in [0.15, 0.2) is 42.5 Å². The molecule has 1 atom stereocenters. The topological polar surface area (TPSA) is 96.0 Å². The van der Waals surface area contributed by atoms with Crippen molar-refractivity contribution in [1.29, 1.82) is 0 Å². The second-order valence-electron chi connectivity index (χ2n) is 8.64. The van der Waals surface area contributed by atoms with E-state index in [-0.39, 0.29) is 12.5 Å². The summed E-state index contributed by atoms with van der Waals surface area (Å²) in [6.07, 6.45) is 3.15. The fraction of sp³-hybridized carbons (Fsp3) is 0.462. The smallest absolute Gasteiger partial charge is 0.244 e. The van der Waals surface area contributed by atoms with Crippen molar-refractivity contribution >= 4 is 39.1 Å². The zero-order valence-corrected chi connectivity index (χ0v) is 23.2. The van der Waals surface area contributed by atoms with Crippen LogP contribution < -0.4 is 14.4 Å². The summed E-state index contributed by atoms with van der Waals surface area (Å²) in [6.45, 7) is 5.75.